The quantitative estimate of drug-likeness (QED) is 0.629. The van der Waals surface area contributed by atoms with Crippen molar-refractivity contribution < 1.29 is 9.59 Å². The molecule has 0 unspecified atom stereocenters. The SMILES string of the molecule is CC(=O)c1ccccc1.NC(N)=O. The fourth-order valence-corrected chi connectivity index (χ4v) is 0.673. The van der Waals surface area contributed by atoms with Crippen molar-refractivity contribution in [3.8, 4) is 0 Å². The average molecular weight is 180 g/mol. The lowest BCUT2D eigenvalue weighted by Crippen LogP contribution is -2.18. The highest BCUT2D eigenvalue weighted by Crippen LogP contribution is 1.97. The van der Waals surface area contributed by atoms with Crippen molar-refractivity contribution in [2.75, 3.05) is 0 Å². The largest absolute Gasteiger partial charge is 0.352 e. The van der Waals surface area contributed by atoms with E-state index in [2.05, 4.69) is 11.5 Å². The normalized spacial score (nSPS) is 8.08. The molecule has 0 aliphatic carbocycles. The summed E-state index contributed by atoms with van der Waals surface area (Å²) < 4.78 is 0. The van der Waals surface area contributed by atoms with E-state index >= 15 is 0 Å². The molecular formula is C9H12N2O2. The van der Waals surface area contributed by atoms with Gasteiger partial charge in [0.15, 0.2) is 5.78 Å². The van der Waals surface area contributed by atoms with E-state index in [0.717, 1.165) is 5.56 Å². The molecule has 0 heterocycles. The lowest BCUT2D eigenvalue weighted by molar-refractivity contribution is 0.101. The minimum Gasteiger partial charge on any atom is -0.352 e. The molecule has 4 N–H and O–H groups in total. The van der Waals surface area contributed by atoms with Crippen LogP contribution in [-0.4, -0.2) is 11.8 Å². The van der Waals surface area contributed by atoms with Gasteiger partial charge in [0.05, 0.1) is 0 Å². The van der Waals surface area contributed by atoms with Crippen LogP contribution in [-0.2, 0) is 0 Å². The van der Waals surface area contributed by atoms with Gasteiger partial charge in [-0.05, 0) is 6.92 Å². The molecule has 0 aliphatic rings. The fourth-order valence-electron chi connectivity index (χ4n) is 0.673. The Bertz CT molecular complexity index is 279. The van der Waals surface area contributed by atoms with Crippen LogP contribution in [0.15, 0.2) is 30.3 Å². The summed E-state index contributed by atoms with van der Waals surface area (Å²) in [5.74, 6) is 0.121. The molecule has 0 saturated heterocycles. The zero-order chi connectivity index (χ0) is 10.3. The molecule has 0 saturated carbocycles. The van der Waals surface area contributed by atoms with E-state index in [4.69, 9.17) is 4.79 Å². The molecule has 13 heavy (non-hydrogen) atoms. The smallest absolute Gasteiger partial charge is 0.309 e. The van der Waals surface area contributed by atoms with E-state index in [-0.39, 0.29) is 5.78 Å². The lowest BCUT2D eigenvalue weighted by atomic mass is 10.2. The Morgan fingerprint density at radius 2 is 1.46 bits per heavy atom. The fraction of sp³-hybridized carbons (Fsp3) is 0.111. The number of hydrogen-bond acceptors (Lipinski definition) is 2. The van der Waals surface area contributed by atoms with Crippen LogP contribution in [0.5, 0.6) is 0 Å². The molecule has 0 aromatic heterocycles. The van der Waals surface area contributed by atoms with Gasteiger partial charge in [0, 0.05) is 5.56 Å². The molecule has 0 fully saturated rings. The lowest BCUT2D eigenvalue weighted by Gasteiger charge is -1.89. The average Bonchev–Trinajstić information content (AvgIpc) is 2.05. The second kappa shape index (κ2) is 5.77. The number of primary amides is 2. The van der Waals surface area contributed by atoms with Crippen LogP contribution in [0.25, 0.3) is 0 Å². The highest BCUT2D eigenvalue weighted by atomic mass is 16.2. The molecule has 1 rings (SSSR count). The number of Topliss-reactive ketones (excluding diaryl/α,β-unsaturated/α-hetero) is 1. The molecule has 70 valence electrons. The molecule has 1 aromatic rings. The van der Waals surface area contributed by atoms with Crippen LogP contribution < -0.4 is 11.5 Å². The second-order valence-electron chi connectivity index (χ2n) is 2.32. The van der Waals surface area contributed by atoms with Gasteiger partial charge in [-0.25, -0.2) is 4.79 Å². The first-order chi connectivity index (χ1) is 6.04. The molecule has 0 aliphatic heterocycles. The molecule has 0 atom stereocenters. The van der Waals surface area contributed by atoms with Crippen molar-refractivity contribution in [2.45, 2.75) is 6.92 Å². The van der Waals surface area contributed by atoms with Gasteiger partial charge in [0.2, 0.25) is 0 Å². The van der Waals surface area contributed by atoms with E-state index in [1.54, 1.807) is 6.92 Å². The zero-order valence-electron chi connectivity index (χ0n) is 7.36. The van der Waals surface area contributed by atoms with Crippen LogP contribution in [0.4, 0.5) is 4.79 Å². The summed E-state index contributed by atoms with van der Waals surface area (Å²) in [5, 5.41) is 0. The van der Waals surface area contributed by atoms with Gasteiger partial charge in [-0.3, -0.25) is 4.79 Å². The number of ketones is 1. The number of carbonyl (C=O) groups is 2. The van der Waals surface area contributed by atoms with Gasteiger partial charge in [-0.2, -0.15) is 0 Å². The van der Waals surface area contributed by atoms with E-state index < -0.39 is 6.03 Å². The summed E-state index contributed by atoms with van der Waals surface area (Å²) in [5.41, 5.74) is 9.28. The van der Waals surface area contributed by atoms with Crippen molar-refractivity contribution >= 4 is 11.8 Å². The molecule has 0 radical (unpaired) electrons. The van der Waals surface area contributed by atoms with Gasteiger partial charge in [0.25, 0.3) is 0 Å². The van der Waals surface area contributed by atoms with Crippen LogP contribution in [0.3, 0.4) is 0 Å². The molecular weight excluding hydrogens is 168 g/mol. The van der Waals surface area contributed by atoms with E-state index in [0.29, 0.717) is 0 Å². The number of rotatable bonds is 1. The zero-order valence-corrected chi connectivity index (χ0v) is 7.36. The Kier molecular flexibility index (Phi) is 4.95. The molecule has 0 spiro atoms. The molecule has 2 amide bonds. The monoisotopic (exact) mass is 180 g/mol. The molecule has 0 bridgehead atoms. The Balaban J connectivity index is 0.000000310. The van der Waals surface area contributed by atoms with Crippen LogP contribution in [0.1, 0.15) is 17.3 Å². The molecule has 1 aromatic carbocycles. The van der Waals surface area contributed by atoms with Gasteiger partial charge in [0.1, 0.15) is 0 Å². The van der Waals surface area contributed by atoms with Crippen molar-refractivity contribution in [2.24, 2.45) is 11.5 Å². The van der Waals surface area contributed by atoms with E-state index in [1.807, 2.05) is 30.3 Å². The Morgan fingerprint density at radius 3 is 1.69 bits per heavy atom. The number of carbonyl (C=O) groups excluding carboxylic acids is 2. The first kappa shape index (κ1) is 11.2. The minimum absolute atomic E-state index is 0.121. The summed E-state index contributed by atoms with van der Waals surface area (Å²) in [6.45, 7) is 1.56. The first-order valence-corrected chi connectivity index (χ1v) is 3.65. The first-order valence-electron chi connectivity index (χ1n) is 3.65. The maximum absolute atomic E-state index is 10.6. The number of urea groups is 1. The highest BCUT2D eigenvalue weighted by molar-refractivity contribution is 5.93. The van der Waals surface area contributed by atoms with Gasteiger partial charge in [-0.1, -0.05) is 30.3 Å². The standard InChI is InChI=1S/C8H8O.CH4N2O/c1-7(9)8-5-3-2-4-6-8;2-1(3)4/h2-6H,1H3;(H4,2,3,4). The third-order valence-corrected chi connectivity index (χ3v) is 1.18. The summed E-state index contributed by atoms with van der Waals surface area (Å²) in [6.07, 6.45) is 0. The summed E-state index contributed by atoms with van der Waals surface area (Å²) in [7, 11) is 0. The number of amides is 2. The molecule has 4 heteroatoms. The number of nitrogens with two attached hydrogens (primary N) is 2. The van der Waals surface area contributed by atoms with Crippen LogP contribution in [0.2, 0.25) is 0 Å². The van der Waals surface area contributed by atoms with Gasteiger partial charge >= 0.3 is 6.03 Å². The van der Waals surface area contributed by atoms with E-state index in [9.17, 15) is 4.79 Å². The van der Waals surface area contributed by atoms with Crippen LogP contribution in [0, 0.1) is 0 Å². The van der Waals surface area contributed by atoms with Crippen molar-refractivity contribution in [3.05, 3.63) is 35.9 Å². The maximum Gasteiger partial charge on any atom is 0.309 e. The molecule has 4 nitrogen and oxygen atoms in total. The van der Waals surface area contributed by atoms with Crippen LogP contribution >= 0.6 is 0 Å². The predicted molar refractivity (Wildman–Crippen MR) is 50.2 cm³/mol. The van der Waals surface area contributed by atoms with Gasteiger partial charge in [-0.15, -0.1) is 0 Å². The Morgan fingerprint density at radius 1 is 1.08 bits per heavy atom. The summed E-state index contributed by atoms with van der Waals surface area (Å²) in [4.78, 5) is 19.6. The number of benzene rings is 1. The second-order valence-corrected chi connectivity index (χ2v) is 2.32. The summed E-state index contributed by atoms with van der Waals surface area (Å²) >= 11 is 0. The third kappa shape index (κ3) is 6.55. The van der Waals surface area contributed by atoms with E-state index in [1.165, 1.54) is 0 Å². The maximum atomic E-state index is 10.6. The minimum atomic E-state index is -0.833. The topological polar surface area (TPSA) is 86.2 Å². The third-order valence-electron chi connectivity index (χ3n) is 1.18. The van der Waals surface area contributed by atoms with Crippen molar-refractivity contribution in [1.82, 2.24) is 0 Å². The predicted octanol–water partition coefficient (Wildman–Crippen LogP) is 0.913. The van der Waals surface area contributed by atoms with Crippen molar-refractivity contribution in [3.63, 3.8) is 0 Å². The Hall–Kier alpha value is -1.84. The number of hydrogen-bond donors (Lipinski definition) is 2. The summed E-state index contributed by atoms with van der Waals surface area (Å²) in [6, 6.07) is 8.39. The highest BCUT2D eigenvalue weighted by Gasteiger charge is 1.92. The van der Waals surface area contributed by atoms with Crippen molar-refractivity contribution in [1.29, 1.82) is 0 Å². The Labute approximate surface area is 76.5 Å². The van der Waals surface area contributed by atoms with Gasteiger partial charge < -0.3 is 11.5 Å².